The molecule has 0 spiro atoms. The third kappa shape index (κ3) is 1.62. The number of hydrogen-bond donors (Lipinski definition) is 1. The Balaban J connectivity index is 2.00. The molecule has 0 aromatic carbocycles. The van der Waals surface area contributed by atoms with Crippen molar-refractivity contribution >= 4 is 0 Å². The molecule has 0 saturated carbocycles. The molecule has 0 fully saturated rings. The summed E-state index contributed by atoms with van der Waals surface area (Å²) in [7, 11) is 0. The molecule has 0 unspecified atom stereocenters. The molecule has 3 rings (SSSR count). The van der Waals surface area contributed by atoms with Crippen molar-refractivity contribution in [3.8, 4) is 11.5 Å². The molecule has 1 aliphatic heterocycles. The Hall–Kier alpha value is -1.65. The molecule has 84 valence electrons. The lowest BCUT2D eigenvalue weighted by Crippen LogP contribution is -2.08. The minimum atomic E-state index is 0.925. The van der Waals surface area contributed by atoms with E-state index in [1.165, 1.54) is 25.7 Å². The first-order valence-electron chi connectivity index (χ1n) is 5.87. The normalized spacial score (nSPS) is 16.5. The van der Waals surface area contributed by atoms with Crippen LogP contribution in [0.5, 0.6) is 0 Å². The van der Waals surface area contributed by atoms with Crippen LogP contribution in [0.3, 0.4) is 0 Å². The molecular weight excluding hydrogens is 202 g/mol. The van der Waals surface area contributed by atoms with Crippen LogP contribution in [0.15, 0.2) is 12.3 Å². The van der Waals surface area contributed by atoms with Crippen LogP contribution in [0.4, 0.5) is 0 Å². The van der Waals surface area contributed by atoms with Crippen LogP contribution in [0.25, 0.3) is 11.5 Å². The molecule has 3 heterocycles. The third-order valence-electron chi connectivity index (χ3n) is 3.10. The summed E-state index contributed by atoms with van der Waals surface area (Å²) < 4.78 is 2.23. The molecule has 0 amide bonds. The first-order valence-corrected chi connectivity index (χ1v) is 5.87. The van der Waals surface area contributed by atoms with Crippen molar-refractivity contribution in [1.29, 1.82) is 0 Å². The minimum absolute atomic E-state index is 0.925. The molecule has 2 aromatic heterocycles. The number of hydrogen-bond acceptors (Lipinski definition) is 3. The number of fused-ring (bicyclic) bond motifs is 1. The van der Waals surface area contributed by atoms with E-state index in [4.69, 9.17) is 0 Å². The Bertz CT molecular complexity index is 457. The lowest BCUT2D eigenvalue weighted by Gasteiger charge is -2.12. The first-order chi connectivity index (χ1) is 7.95. The molecule has 5 heteroatoms. The summed E-state index contributed by atoms with van der Waals surface area (Å²) in [5, 5.41) is 15.5. The van der Waals surface area contributed by atoms with E-state index in [1.54, 1.807) is 6.20 Å². The number of aryl methyl sites for hydroxylation is 1. The Morgan fingerprint density at radius 3 is 2.94 bits per heavy atom. The lowest BCUT2D eigenvalue weighted by molar-refractivity contribution is 0.518. The highest BCUT2D eigenvalue weighted by Gasteiger charge is 2.15. The fourth-order valence-corrected chi connectivity index (χ4v) is 2.24. The van der Waals surface area contributed by atoms with Crippen molar-refractivity contribution in [3.05, 3.63) is 18.1 Å². The van der Waals surface area contributed by atoms with E-state index in [1.807, 2.05) is 6.07 Å². The fourth-order valence-electron chi connectivity index (χ4n) is 2.24. The van der Waals surface area contributed by atoms with Crippen molar-refractivity contribution in [2.24, 2.45) is 0 Å². The van der Waals surface area contributed by atoms with Crippen molar-refractivity contribution in [2.45, 2.75) is 38.6 Å². The van der Waals surface area contributed by atoms with Crippen LogP contribution in [0.2, 0.25) is 0 Å². The molecular formula is C11H15N5. The van der Waals surface area contributed by atoms with Gasteiger partial charge in [-0.25, -0.2) is 0 Å². The van der Waals surface area contributed by atoms with Crippen LogP contribution in [-0.4, -0.2) is 25.0 Å². The zero-order valence-electron chi connectivity index (χ0n) is 9.19. The second-order valence-electron chi connectivity index (χ2n) is 4.23. The largest absolute Gasteiger partial charge is 0.310 e. The van der Waals surface area contributed by atoms with Crippen LogP contribution >= 0.6 is 0 Å². The lowest BCUT2D eigenvalue weighted by atomic mass is 10.1. The number of aromatic amines is 1. The van der Waals surface area contributed by atoms with E-state index in [2.05, 4.69) is 25.0 Å². The van der Waals surface area contributed by atoms with Crippen molar-refractivity contribution in [2.75, 3.05) is 0 Å². The van der Waals surface area contributed by atoms with E-state index in [-0.39, 0.29) is 0 Å². The highest BCUT2D eigenvalue weighted by molar-refractivity contribution is 5.48. The molecule has 0 radical (unpaired) electrons. The van der Waals surface area contributed by atoms with Gasteiger partial charge in [-0.05, 0) is 18.9 Å². The molecule has 1 N–H and O–H groups in total. The van der Waals surface area contributed by atoms with Gasteiger partial charge >= 0.3 is 0 Å². The number of nitrogens with one attached hydrogen (secondary N) is 1. The number of rotatable bonds is 1. The Kier molecular flexibility index (Phi) is 2.44. The first kappa shape index (κ1) is 9.57. The van der Waals surface area contributed by atoms with Gasteiger partial charge in [-0.3, -0.25) is 5.10 Å². The Labute approximate surface area is 93.9 Å². The van der Waals surface area contributed by atoms with Crippen LogP contribution in [0.1, 0.15) is 31.5 Å². The highest BCUT2D eigenvalue weighted by atomic mass is 15.3. The topological polar surface area (TPSA) is 59.4 Å². The van der Waals surface area contributed by atoms with Gasteiger partial charge in [0, 0.05) is 19.2 Å². The Morgan fingerprint density at radius 2 is 2.06 bits per heavy atom. The monoisotopic (exact) mass is 217 g/mol. The molecule has 0 saturated heterocycles. The zero-order chi connectivity index (χ0) is 10.8. The van der Waals surface area contributed by atoms with Gasteiger partial charge in [0.25, 0.3) is 0 Å². The zero-order valence-corrected chi connectivity index (χ0v) is 9.19. The average Bonchev–Trinajstić information content (AvgIpc) is 2.86. The fraction of sp³-hybridized carbons (Fsp3) is 0.545. The molecule has 2 aromatic rings. The summed E-state index contributed by atoms with van der Waals surface area (Å²) >= 11 is 0. The summed E-state index contributed by atoms with van der Waals surface area (Å²) in [6.07, 6.45) is 7.85. The maximum absolute atomic E-state index is 4.28. The second kappa shape index (κ2) is 4.08. The standard InChI is InChI=1S/C11H15N5/c1-2-4-8-16-10(5-3-1)14-15-11(16)9-6-7-12-13-9/h6-7H,1-5,8H2,(H,12,13). The van der Waals surface area contributed by atoms with Crippen LogP contribution in [0, 0.1) is 0 Å². The van der Waals surface area contributed by atoms with Crippen molar-refractivity contribution < 1.29 is 0 Å². The van der Waals surface area contributed by atoms with Gasteiger partial charge in [-0.15, -0.1) is 10.2 Å². The van der Waals surface area contributed by atoms with Gasteiger partial charge in [0.1, 0.15) is 11.5 Å². The second-order valence-corrected chi connectivity index (χ2v) is 4.23. The van der Waals surface area contributed by atoms with E-state index >= 15 is 0 Å². The molecule has 16 heavy (non-hydrogen) atoms. The average molecular weight is 217 g/mol. The van der Waals surface area contributed by atoms with Gasteiger partial charge in [0.05, 0.1) is 0 Å². The summed E-state index contributed by atoms with van der Waals surface area (Å²) in [4.78, 5) is 0. The quantitative estimate of drug-likeness (QED) is 0.792. The van der Waals surface area contributed by atoms with Crippen LogP contribution in [-0.2, 0) is 13.0 Å². The molecule has 5 nitrogen and oxygen atoms in total. The summed E-state index contributed by atoms with van der Waals surface area (Å²) in [5.74, 6) is 2.04. The van der Waals surface area contributed by atoms with Crippen molar-refractivity contribution in [3.63, 3.8) is 0 Å². The van der Waals surface area contributed by atoms with Gasteiger partial charge in [0.15, 0.2) is 5.82 Å². The minimum Gasteiger partial charge on any atom is -0.310 e. The Morgan fingerprint density at radius 1 is 1.12 bits per heavy atom. The predicted octanol–water partition coefficient (Wildman–Crippen LogP) is 1.78. The van der Waals surface area contributed by atoms with Gasteiger partial charge < -0.3 is 4.57 Å². The molecule has 0 bridgehead atoms. The molecule has 1 aliphatic rings. The van der Waals surface area contributed by atoms with Crippen LogP contribution < -0.4 is 0 Å². The van der Waals surface area contributed by atoms with Crippen molar-refractivity contribution in [1.82, 2.24) is 25.0 Å². The smallest absolute Gasteiger partial charge is 0.182 e. The van der Waals surface area contributed by atoms with Gasteiger partial charge in [-0.1, -0.05) is 12.8 Å². The van der Waals surface area contributed by atoms with Gasteiger partial charge in [-0.2, -0.15) is 5.10 Å². The van der Waals surface area contributed by atoms with E-state index in [0.717, 1.165) is 30.3 Å². The summed E-state index contributed by atoms with van der Waals surface area (Å²) in [6, 6.07) is 1.94. The summed E-state index contributed by atoms with van der Waals surface area (Å²) in [5.41, 5.74) is 0.958. The molecule has 0 atom stereocenters. The number of nitrogens with zero attached hydrogens (tertiary/aromatic N) is 4. The van der Waals surface area contributed by atoms with E-state index < -0.39 is 0 Å². The summed E-state index contributed by atoms with van der Waals surface area (Å²) in [6.45, 7) is 1.02. The maximum Gasteiger partial charge on any atom is 0.182 e. The number of aromatic nitrogens is 5. The van der Waals surface area contributed by atoms with E-state index in [0.29, 0.717) is 0 Å². The van der Waals surface area contributed by atoms with Gasteiger partial charge in [0.2, 0.25) is 0 Å². The third-order valence-corrected chi connectivity index (χ3v) is 3.10. The SMILES string of the molecule is c1cc(-c2nnc3n2CCCCCC3)[nH]n1. The molecule has 0 aliphatic carbocycles. The maximum atomic E-state index is 4.28. The van der Waals surface area contributed by atoms with E-state index in [9.17, 15) is 0 Å². The number of H-pyrrole nitrogens is 1. The highest BCUT2D eigenvalue weighted by Crippen LogP contribution is 2.20. The predicted molar refractivity (Wildman–Crippen MR) is 59.8 cm³/mol.